The molecule has 17 heavy (non-hydrogen) atoms. The molecule has 0 aromatic heterocycles. The fourth-order valence-electron chi connectivity index (χ4n) is 1.11. The molecular weight excluding hydrogens is 232 g/mol. The third kappa shape index (κ3) is 2.77. The highest BCUT2D eigenvalue weighted by molar-refractivity contribution is 6.03. The number of carboxylic acids is 1. The van der Waals surface area contributed by atoms with Crippen LogP contribution in [0, 0.1) is 24.5 Å². The fourth-order valence-corrected chi connectivity index (χ4v) is 1.11. The smallest absolute Gasteiger partial charge is 0.315 e. The first kappa shape index (κ1) is 13.1. The maximum Gasteiger partial charge on any atom is 0.315 e. The minimum atomic E-state index is -1.38. The summed E-state index contributed by atoms with van der Waals surface area (Å²) in [5, 5.41) is 10.5. The quantitative estimate of drug-likeness (QED) is 0.797. The number of aryl methyl sites for hydroxylation is 1. The lowest BCUT2D eigenvalue weighted by atomic mass is 10.1. The number of amides is 1. The zero-order chi connectivity index (χ0) is 13.2. The van der Waals surface area contributed by atoms with Gasteiger partial charge in [0.2, 0.25) is 5.91 Å². The minimum absolute atomic E-state index is 0.157. The monoisotopic (exact) mass is 243 g/mol. The summed E-state index contributed by atoms with van der Waals surface area (Å²) in [4.78, 5) is 21.9. The van der Waals surface area contributed by atoms with Crippen molar-refractivity contribution in [3.8, 4) is 0 Å². The molecule has 1 amide bonds. The predicted molar refractivity (Wildman–Crippen MR) is 56.5 cm³/mol. The second-order valence-corrected chi connectivity index (χ2v) is 3.60. The van der Waals surface area contributed by atoms with Gasteiger partial charge in [0, 0.05) is 0 Å². The summed E-state index contributed by atoms with van der Waals surface area (Å²) < 4.78 is 26.7. The predicted octanol–water partition coefficient (Wildman–Crippen LogP) is 1.93. The molecule has 1 aromatic rings. The van der Waals surface area contributed by atoms with E-state index in [-0.39, 0.29) is 5.56 Å². The number of hydrogen-bond donors (Lipinski definition) is 2. The van der Waals surface area contributed by atoms with Crippen molar-refractivity contribution in [2.75, 3.05) is 5.32 Å². The van der Waals surface area contributed by atoms with Crippen molar-refractivity contribution in [2.24, 2.45) is 5.92 Å². The van der Waals surface area contributed by atoms with E-state index in [9.17, 15) is 18.4 Å². The Morgan fingerprint density at radius 2 is 1.94 bits per heavy atom. The molecule has 0 saturated heterocycles. The number of nitrogens with one attached hydrogen (secondary N) is 1. The van der Waals surface area contributed by atoms with Gasteiger partial charge in [-0.3, -0.25) is 9.59 Å². The number of benzene rings is 1. The summed E-state index contributed by atoms with van der Waals surface area (Å²) >= 11 is 0. The summed E-state index contributed by atoms with van der Waals surface area (Å²) in [5.41, 5.74) is -0.465. The first-order chi connectivity index (χ1) is 7.84. The van der Waals surface area contributed by atoms with Crippen LogP contribution in [0.15, 0.2) is 12.1 Å². The van der Waals surface area contributed by atoms with E-state index in [1.165, 1.54) is 13.0 Å². The van der Waals surface area contributed by atoms with Crippen molar-refractivity contribution in [1.29, 1.82) is 0 Å². The Labute approximate surface area is 96.3 Å². The van der Waals surface area contributed by atoms with Crippen molar-refractivity contribution in [3.63, 3.8) is 0 Å². The average Bonchev–Trinajstić information content (AvgIpc) is 2.28. The Hall–Kier alpha value is -1.98. The van der Waals surface area contributed by atoms with E-state index in [2.05, 4.69) is 0 Å². The Bertz CT molecular complexity index is 474. The maximum absolute atomic E-state index is 13.5. The Morgan fingerprint density at radius 1 is 1.35 bits per heavy atom. The molecule has 0 aliphatic heterocycles. The van der Waals surface area contributed by atoms with Gasteiger partial charge in [-0.15, -0.1) is 0 Å². The number of aliphatic carboxylic acids is 1. The highest BCUT2D eigenvalue weighted by Crippen LogP contribution is 2.22. The number of carbonyl (C=O) groups is 2. The van der Waals surface area contributed by atoms with Crippen LogP contribution < -0.4 is 5.32 Å². The summed E-state index contributed by atoms with van der Waals surface area (Å²) in [6.45, 7) is 2.54. The molecule has 2 N–H and O–H groups in total. The van der Waals surface area contributed by atoms with Crippen LogP contribution in [0.25, 0.3) is 0 Å². The molecule has 0 saturated carbocycles. The van der Waals surface area contributed by atoms with Crippen LogP contribution in [0.5, 0.6) is 0 Å². The first-order valence-corrected chi connectivity index (χ1v) is 4.83. The first-order valence-electron chi connectivity index (χ1n) is 4.83. The van der Waals surface area contributed by atoms with Gasteiger partial charge < -0.3 is 10.4 Å². The molecule has 0 fully saturated rings. The molecule has 0 aliphatic rings. The van der Waals surface area contributed by atoms with Gasteiger partial charge in [0.15, 0.2) is 5.82 Å². The number of carbonyl (C=O) groups excluding carboxylic acids is 1. The number of rotatable bonds is 3. The summed E-state index contributed by atoms with van der Waals surface area (Å²) in [6, 6.07) is 2.22. The number of carboxylic acid groups (broad SMARTS) is 1. The van der Waals surface area contributed by atoms with Crippen molar-refractivity contribution in [1.82, 2.24) is 0 Å². The maximum atomic E-state index is 13.5. The van der Waals surface area contributed by atoms with Gasteiger partial charge in [-0.25, -0.2) is 8.78 Å². The molecule has 1 rings (SSSR count). The highest BCUT2D eigenvalue weighted by Gasteiger charge is 2.23. The van der Waals surface area contributed by atoms with Crippen LogP contribution in [0.3, 0.4) is 0 Å². The SMILES string of the molecule is Cc1ccc(F)c(NC(=O)C(C)C(=O)O)c1F. The van der Waals surface area contributed by atoms with E-state index >= 15 is 0 Å². The molecule has 0 heterocycles. The zero-order valence-electron chi connectivity index (χ0n) is 9.25. The van der Waals surface area contributed by atoms with Crippen LogP contribution in [-0.4, -0.2) is 17.0 Å². The van der Waals surface area contributed by atoms with Crippen LogP contribution >= 0.6 is 0 Å². The topological polar surface area (TPSA) is 66.4 Å². The molecule has 0 radical (unpaired) electrons. The lowest BCUT2D eigenvalue weighted by Crippen LogP contribution is -2.27. The van der Waals surface area contributed by atoms with Gasteiger partial charge in [-0.1, -0.05) is 6.07 Å². The molecule has 1 atom stereocenters. The van der Waals surface area contributed by atoms with E-state index in [1.807, 2.05) is 5.32 Å². The van der Waals surface area contributed by atoms with Crippen molar-refractivity contribution < 1.29 is 23.5 Å². The second-order valence-electron chi connectivity index (χ2n) is 3.60. The second kappa shape index (κ2) is 4.90. The molecule has 4 nitrogen and oxygen atoms in total. The normalized spacial score (nSPS) is 12.0. The van der Waals surface area contributed by atoms with Gasteiger partial charge in [0.25, 0.3) is 0 Å². The van der Waals surface area contributed by atoms with Gasteiger partial charge >= 0.3 is 5.97 Å². The summed E-state index contributed by atoms with van der Waals surface area (Å²) in [5.74, 6) is -5.57. The van der Waals surface area contributed by atoms with Crippen molar-refractivity contribution >= 4 is 17.6 Å². The van der Waals surface area contributed by atoms with Crippen LogP contribution in [0.2, 0.25) is 0 Å². The number of anilines is 1. The summed E-state index contributed by atoms with van der Waals surface area (Å²) in [7, 11) is 0. The highest BCUT2D eigenvalue weighted by atomic mass is 19.1. The molecule has 6 heteroatoms. The average molecular weight is 243 g/mol. The summed E-state index contributed by atoms with van der Waals surface area (Å²) in [6.07, 6.45) is 0. The molecule has 0 bridgehead atoms. The largest absolute Gasteiger partial charge is 0.481 e. The molecule has 0 spiro atoms. The Morgan fingerprint density at radius 3 is 2.47 bits per heavy atom. The van der Waals surface area contributed by atoms with Crippen LogP contribution in [0.4, 0.5) is 14.5 Å². The van der Waals surface area contributed by atoms with Gasteiger partial charge in [-0.2, -0.15) is 0 Å². The number of hydrogen-bond acceptors (Lipinski definition) is 2. The molecule has 1 aromatic carbocycles. The van der Waals surface area contributed by atoms with Gasteiger partial charge in [0.1, 0.15) is 17.4 Å². The minimum Gasteiger partial charge on any atom is -0.481 e. The molecule has 92 valence electrons. The Balaban J connectivity index is 3.00. The lowest BCUT2D eigenvalue weighted by Gasteiger charge is -2.11. The van der Waals surface area contributed by atoms with Gasteiger partial charge in [0.05, 0.1) is 0 Å². The fraction of sp³-hybridized carbons (Fsp3) is 0.273. The third-order valence-electron chi connectivity index (χ3n) is 2.30. The van der Waals surface area contributed by atoms with E-state index in [4.69, 9.17) is 5.11 Å². The molecule has 0 aliphatic carbocycles. The molecular formula is C11H11F2NO3. The zero-order valence-corrected chi connectivity index (χ0v) is 9.25. The van der Waals surface area contributed by atoms with Crippen molar-refractivity contribution in [3.05, 3.63) is 29.3 Å². The standard InChI is InChI=1S/C11H11F2NO3/c1-5-3-4-7(12)9(8(5)13)14-10(15)6(2)11(16)17/h3-4,6H,1-2H3,(H,14,15)(H,16,17). The lowest BCUT2D eigenvalue weighted by molar-refractivity contribution is -0.144. The van der Waals surface area contributed by atoms with E-state index in [1.54, 1.807) is 0 Å². The van der Waals surface area contributed by atoms with Gasteiger partial charge in [-0.05, 0) is 25.5 Å². The molecule has 1 unspecified atom stereocenters. The van der Waals surface area contributed by atoms with Crippen LogP contribution in [0.1, 0.15) is 12.5 Å². The van der Waals surface area contributed by atoms with E-state index in [0.717, 1.165) is 13.0 Å². The number of halogens is 2. The van der Waals surface area contributed by atoms with Crippen LogP contribution in [-0.2, 0) is 9.59 Å². The Kier molecular flexibility index (Phi) is 3.77. The van der Waals surface area contributed by atoms with E-state index in [0.29, 0.717) is 0 Å². The van der Waals surface area contributed by atoms with E-state index < -0.39 is 35.1 Å². The third-order valence-corrected chi connectivity index (χ3v) is 2.30. The van der Waals surface area contributed by atoms with Crippen molar-refractivity contribution in [2.45, 2.75) is 13.8 Å².